The van der Waals surface area contributed by atoms with E-state index in [0.29, 0.717) is 28.4 Å². The largest absolute Gasteiger partial charge is 0.387 e. The van der Waals surface area contributed by atoms with Crippen LogP contribution in [0, 0.1) is 12.7 Å². The van der Waals surface area contributed by atoms with E-state index in [0.717, 1.165) is 27.4 Å². The molecule has 2 aromatic rings. The zero-order chi connectivity index (χ0) is 21.9. The van der Waals surface area contributed by atoms with Crippen LogP contribution in [0.2, 0.25) is 0 Å². The monoisotopic (exact) mass is 413 g/mol. The van der Waals surface area contributed by atoms with Crippen molar-refractivity contribution in [2.45, 2.75) is 67.2 Å². The second-order valence-corrected chi connectivity index (χ2v) is 9.62. The van der Waals surface area contributed by atoms with Gasteiger partial charge in [0.25, 0.3) is 0 Å². The van der Waals surface area contributed by atoms with Crippen LogP contribution in [0.5, 0.6) is 0 Å². The minimum absolute atomic E-state index is 0.158. The quantitative estimate of drug-likeness (QED) is 0.333. The highest BCUT2D eigenvalue weighted by Crippen LogP contribution is 2.40. The molecule has 156 valence electrons. The Morgan fingerprint density at radius 1 is 1.21 bits per heavy atom. The first-order valence-electron chi connectivity index (χ1n) is 9.91. The van der Waals surface area contributed by atoms with E-state index in [1.165, 1.54) is 0 Å². The van der Waals surface area contributed by atoms with Crippen LogP contribution in [-0.2, 0) is 11.8 Å². The van der Waals surface area contributed by atoms with Crippen LogP contribution in [0.25, 0.3) is 17.0 Å². The fourth-order valence-corrected chi connectivity index (χ4v) is 3.92. The van der Waals surface area contributed by atoms with Crippen LogP contribution in [0.3, 0.4) is 0 Å². The molecule has 1 aromatic carbocycles. The lowest BCUT2D eigenvalue weighted by molar-refractivity contribution is 0.585. The van der Waals surface area contributed by atoms with Crippen molar-refractivity contribution in [1.29, 1.82) is 0 Å². The number of nitrogens with two attached hydrogens (primary N) is 1. The van der Waals surface area contributed by atoms with E-state index in [-0.39, 0.29) is 11.2 Å². The first-order chi connectivity index (χ1) is 13.4. The molecule has 2 rings (SSSR count). The maximum atomic E-state index is 15.2. The third kappa shape index (κ3) is 5.63. The second kappa shape index (κ2) is 9.04. The van der Waals surface area contributed by atoms with E-state index in [4.69, 9.17) is 10.7 Å². The zero-order valence-corrected chi connectivity index (χ0v) is 19.6. The van der Waals surface area contributed by atoms with Gasteiger partial charge in [-0.05, 0) is 57.4 Å². The minimum atomic E-state index is -0.232. The standard InChI is InChI=1S/C24H32FN3S/c1-9-17-12-15(4)20(25)18(13-17)21-22(29-23(28-21)24(6,7)8)19(27-16(5)26)11-10-14(2)3/h10-13H,9H2,1-8H3,(H2,26,27)/b19-11-. The topological polar surface area (TPSA) is 51.3 Å². The second-order valence-electron chi connectivity index (χ2n) is 8.62. The van der Waals surface area contributed by atoms with E-state index >= 15 is 4.39 Å². The Bertz CT molecular complexity index is 980. The van der Waals surface area contributed by atoms with E-state index in [9.17, 15) is 0 Å². The van der Waals surface area contributed by atoms with Crippen LogP contribution in [0.15, 0.2) is 34.9 Å². The normalized spacial score (nSPS) is 13.0. The van der Waals surface area contributed by atoms with Gasteiger partial charge in [-0.25, -0.2) is 14.4 Å². The molecule has 29 heavy (non-hydrogen) atoms. The van der Waals surface area contributed by atoms with E-state index < -0.39 is 0 Å². The molecule has 3 nitrogen and oxygen atoms in total. The molecule has 0 radical (unpaired) electrons. The highest BCUT2D eigenvalue weighted by Gasteiger charge is 2.26. The van der Waals surface area contributed by atoms with E-state index in [1.807, 2.05) is 38.1 Å². The van der Waals surface area contributed by atoms with Gasteiger partial charge in [-0.2, -0.15) is 0 Å². The first kappa shape index (κ1) is 23.0. The van der Waals surface area contributed by atoms with Crippen molar-refractivity contribution >= 4 is 22.9 Å². The van der Waals surface area contributed by atoms with Crippen molar-refractivity contribution in [1.82, 2.24) is 4.98 Å². The number of nitrogens with zero attached hydrogens (tertiary/aromatic N) is 2. The number of benzene rings is 1. The maximum Gasteiger partial charge on any atom is 0.135 e. The Hall–Kier alpha value is -2.27. The smallest absolute Gasteiger partial charge is 0.135 e. The van der Waals surface area contributed by atoms with Crippen molar-refractivity contribution in [2.75, 3.05) is 0 Å². The molecule has 1 aromatic heterocycles. The van der Waals surface area contributed by atoms with Crippen molar-refractivity contribution in [2.24, 2.45) is 10.7 Å². The number of hydrogen-bond donors (Lipinski definition) is 1. The summed E-state index contributed by atoms with van der Waals surface area (Å²) >= 11 is 1.55. The average Bonchev–Trinajstić information content (AvgIpc) is 3.05. The summed E-state index contributed by atoms with van der Waals surface area (Å²) in [6.45, 7) is 16.0. The molecule has 0 aliphatic heterocycles. The summed E-state index contributed by atoms with van der Waals surface area (Å²) in [6, 6.07) is 3.81. The Balaban J connectivity index is 2.88. The molecule has 0 spiro atoms. The molecule has 0 amide bonds. The number of halogens is 1. The summed E-state index contributed by atoms with van der Waals surface area (Å²) in [7, 11) is 0. The fraction of sp³-hybridized carbons (Fsp3) is 0.417. The molecule has 0 unspecified atom stereocenters. The number of aromatic nitrogens is 1. The van der Waals surface area contributed by atoms with Crippen molar-refractivity contribution in [3.05, 3.63) is 56.7 Å². The summed E-state index contributed by atoms with van der Waals surface area (Å²) in [5.74, 6) is 0.221. The molecule has 0 saturated carbocycles. The average molecular weight is 414 g/mol. The highest BCUT2D eigenvalue weighted by molar-refractivity contribution is 7.13. The number of hydrogen-bond acceptors (Lipinski definition) is 3. The van der Waals surface area contributed by atoms with Gasteiger partial charge in [0.05, 0.1) is 27.1 Å². The van der Waals surface area contributed by atoms with Crippen LogP contribution in [0.4, 0.5) is 4.39 Å². The molecule has 2 N–H and O–H groups in total. The molecular weight excluding hydrogens is 381 g/mol. The Labute approximate surface area is 178 Å². The summed E-state index contributed by atoms with van der Waals surface area (Å²) in [5.41, 5.74) is 10.5. The third-order valence-electron chi connectivity index (χ3n) is 4.35. The van der Waals surface area contributed by atoms with Gasteiger partial charge in [0, 0.05) is 11.0 Å². The molecule has 0 saturated heterocycles. The number of amidine groups is 1. The fourth-order valence-electron chi connectivity index (χ4n) is 2.82. The van der Waals surface area contributed by atoms with Gasteiger partial charge in [-0.1, -0.05) is 45.4 Å². The van der Waals surface area contributed by atoms with Gasteiger partial charge in [0.1, 0.15) is 5.82 Å². The van der Waals surface area contributed by atoms with Crippen LogP contribution in [-0.4, -0.2) is 10.8 Å². The Morgan fingerprint density at radius 2 is 1.86 bits per heavy atom. The van der Waals surface area contributed by atoms with Gasteiger partial charge >= 0.3 is 0 Å². The molecular formula is C24H32FN3S. The predicted molar refractivity (Wildman–Crippen MR) is 125 cm³/mol. The molecule has 0 bridgehead atoms. The summed E-state index contributed by atoms with van der Waals surface area (Å²) in [6.07, 6.45) is 4.76. The van der Waals surface area contributed by atoms with Gasteiger partial charge in [-0.3, -0.25) is 0 Å². The summed E-state index contributed by atoms with van der Waals surface area (Å²) in [4.78, 5) is 10.3. The Kier molecular flexibility index (Phi) is 7.17. The lowest BCUT2D eigenvalue weighted by atomic mass is 9.97. The highest BCUT2D eigenvalue weighted by atomic mass is 32.1. The predicted octanol–water partition coefficient (Wildman–Crippen LogP) is 6.80. The SMILES string of the molecule is CCc1cc(C)c(F)c(-c2nc(C(C)(C)C)sc2/C(=C/C=C(C)C)N=C(C)N)c1. The van der Waals surface area contributed by atoms with Crippen LogP contribution in [0.1, 0.15) is 69.5 Å². The van der Waals surface area contributed by atoms with Gasteiger partial charge < -0.3 is 5.73 Å². The van der Waals surface area contributed by atoms with E-state index in [1.54, 1.807) is 25.2 Å². The van der Waals surface area contributed by atoms with Gasteiger partial charge in [0.15, 0.2) is 0 Å². The molecule has 0 aliphatic carbocycles. The van der Waals surface area contributed by atoms with Gasteiger partial charge in [-0.15, -0.1) is 11.3 Å². The zero-order valence-electron chi connectivity index (χ0n) is 18.8. The number of aliphatic imine (C=N–C) groups is 1. The van der Waals surface area contributed by atoms with Crippen molar-refractivity contribution < 1.29 is 4.39 Å². The van der Waals surface area contributed by atoms with Crippen LogP contribution >= 0.6 is 11.3 Å². The third-order valence-corrected chi connectivity index (χ3v) is 5.85. The molecule has 1 heterocycles. The molecule has 0 atom stereocenters. The molecule has 0 fully saturated rings. The summed E-state index contributed by atoms with van der Waals surface area (Å²) < 4.78 is 15.2. The molecule has 5 heteroatoms. The van der Waals surface area contributed by atoms with E-state index in [2.05, 4.69) is 32.7 Å². The van der Waals surface area contributed by atoms with Crippen molar-refractivity contribution in [3.63, 3.8) is 0 Å². The van der Waals surface area contributed by atoms with Crippen LogP contribution < -0.4 is 5.73 Å². The first-order valence-corrected chi connectivity index (χ1v) is 10.7. The number of allylic oxidation sites excluding steroid dienone is 3. The number of rotatable bonds is 5. The number of aryl methyl sites for hydroxylation is 2. The van der Waals surface area contributed by atoms with Gasteiger partial charge in [0.2, 0.25) is 0 Å². The number of thiazole rings is 1. The minimum Gasteiger partial charge on any atom is -0.387 e. The summed E-state index contributed by atoms with van der Waals surface area (Å²) in [5, 5.41) is 0.939. The maximum absolute atomic E-state index is 15.2. The Morgan fingerprint density at radius 3 is 2.38 bits per heavy atom. The molecule has 0 aliphatic rings. The lowest BCUT2D eigenvalue weighted by Gasteiger charge is -2.13. The lowest BCUT2D eigenvalue weighted by Crippen LogP contribution is -2.10. The van der Waals surface area contributed by atoms with Crippen molar-refractivity contribution in [3.8, 4) is 11.3 Å².